The molecule has 0 aromatic heterocycles. The fourth-order valence-corrected chi connectivity index (χ4v) is 2.68. The van der Waals surface area contributed by atoms with E-state index in [9.17, 15) is 9.90 Å². The average Bonchev–Trinajstić information content (AvgIpc) is 2.78. The number of nitrogens with one attached hydrogen (secondary N) is 1. The Kier molecular flexibility index (Phi) is 3.07. The van der Waals surface area contributed by atoms with E-state index < -0.39 is 6.10 Å². The Morgan fingerprint density at radius 3 is 2.50 bits per heavy atom. The van der Waals surface area contributed by atoms with Gasteiger partial charge in [-0.1, -0.05) is 47.5 Å². The summed E-state index contributed by atoms with van der Waals surface area (Å²) in [7, 11) is 0. The predicted octanol–water partition coefficient (Wildman–Crippen LogP) is 2.88. The molecule has 0 saturated heterocycles. The molecule has 102 valence electrons. The third kappa shape index (κ3) is 2.21. The molecule has 0 saturated carbocycles. The second kappa shape index (κ2) is 4.76. The van der Waals surface area contributed by atoms with Gasteiger partial charge in [-0.3, -0.25) is 4.79 Å². The molecule has 3 nitrogen and oxygen atoms in total. The maximum absolute atomic E-state index is 11.6. The molecule has 1 heterocycles. The lowest BCUT2D eigenvalue weighted by Crippen LogP contribution is -2.07. The Bertz CT molecular complexity index is 674. The lowest BCUT2D eigenvalue weighted by Gasteiger charge is -2.16. The lowest BCUT2D eigenvalue weighted by atomic mass is 9.95. The van der Waals surface area contributed by atoms with Crippen molar-refractivity contribution in [2.45, 2.75) is 26.4 Å². The standard InChI is InChI=1S/C17H17NO2/c1-10-3-5-12(6-4-10)17(20)14-8-11(2)7-13-9-15(19)18-16(13)14/h3-8,17,20H,9H2,1-2H3,(H,18,19). The van der Waals surface area contributed by atoms with E-state index in [1.165, 1.54) is 0 Å². The molecule has 3 heteroatoms. The van der Waals surface area contributed by atoms with Crippen LogP contribution in [0.25, 0.3) is 0 Å². The molecule has 2 aromatic carbocycles. The van der Waals surface area contributed by atoms with E-state index in [4.69, 9.17) is 0 Å². The summed E-state index contributed by atoms with van der Waals surface area (Å²) in [6.07, 6.45) is -0.326. The number of aliphatic hydroxyl groups excluding tert-OH is 1. The molecule has 0 aliphatic carbocycles. The SMILES string of the molecule is Cc1ccc(C(O)c2cc(C)cc3c2NC(=O)C3)cc1. The highest BCUT2D eigenvalue weighted by atomic mass is 16.3. The third-order valence-electron chi connectivity index (χ3n) is 3.70. The van der Waals surface area contributed by atoms with Crippen molar-refractivity contribution in [3.63, 3.8) is 0 Å². The van der Waals surface area contributed by atoms with Crippen LogP contribution in [0.5, 0.6) is 0 Å². The molecule has 0 spiro atoms. The third-order valence-corrected chi connectivity index (χ3v) is 3.70. The Hall–Kier alpha value is -2.13. The quantitative estimate of drug-likeness (QED) is 0.879. The molecule has 1 aliphatic rings. The van der Waals surface area contributed by atoms with Crippen LogP contribution in [0.4, 0.5) is 5.69 Å². The Labute approximate surface area is 118 Å². The number of aryl methyl sites for hydroxylation is 2. The first-order valence-electron chi connectivity index (χ1n) is 6.72. The molecule has 20 heavy (non-hydrogen) atoms. The van der Waals surface area contributed by atoms with Gasteiger partial charge in [0.2, 0.25) is 5.91 Å². The summed E-state index contributed by atoms with van der Waals surface area (Å²) in [5.41, 5.74) is 5.56. The summed E-state index contributed by atoms with van der Waals surface area (Å²) < 4.78 is 0. The molecular weight excluding hydrogens is 250 g/mol. The van der Waals surface area contributed by atoms with Crippen molar-refractivity contribution in [3.8, 4) is 0 Å². The van der Waals surface area contributed by atoms with Crippen molar-refractivity contribution in [2.75, 3.05) is 5.32 Å². The zero-order valence-electron chi connectivity index (χ0n) is 11.6. The minimum Gasteiger partial charge on any atom is -0.384 e. The Balaban J connectivity index is 2.06. The molecule has 2 aromatic rings. The number of amides is 1. The summed E-state index contributed by atoms with van der Waals surface area (Å²) in [6, 6.07) is 11.7. The summed E-state index contributed by atoms with van der Waals surface area (Å²) in [5.74, 6) is -0.0112. The molecule has 1 unspecified atom stereocenters. The highest BCUT2D eigenvalue weighted by Crippen LogP contribution is 2.35. The number of carbonyl (C=O) groups excluding carboxylic acids is 1. The summed E-state index contributed by atoms with van der Waals surface area (Å²) in [4.78, 5) is 11.6. The highest BCUT2D eigenvalue weighted by molar-refractivity contribution is 6.00. The van der Waals surface area contributed by atoms with Crippen LogP contribution in [0, 0.1) is 13.8 Å². The Morgan fingerprint density at radius 2 is 1.80 bits per heavy atom. The minimum absolute atomic E-state index is 0.0112. The summed E-state index contributed by atoms with van der Waals surface area (Å²) in [6.45, 7) is 4.00. The normalized spacial score (nSPS) is 14.8. The highest BCUT2D eigenvalue weighted by Gasteiger charge is 2.25. The molecule has 1 amide bonds. The first-order chi connectivity index (χ1) is 9.54. The van der Waals surface area contributed by atoms with Gasteiger partial charge in [-0.15, -0.1) is 0 Å². The van der Waals surface area contributed by atoms with Gasteiger partial charge in [0, 0.05) is 5.56 Å². The van der Waals surface area contributed by atoms with E-state index >= 15 is 0 Å². The van der Waals surface area contributed by atoms with Gasteiger partial charge in [-0.2, -0.15) is 0 Å². The van der Waals surface area contributed by atoms with Crippen LogP contribution in [-0.4, -0.2) is 11.0 Å². The maximum Gasteiger partial charge on any atom is 0.228 e. The van der Waals surface area contributed by atoms with Gasteiger partial charge in [0.1, 0.15) is 6.10 Å². The smallest absolute Gasteiger partial charge is 0.228 e. The summed E-state index contributed by atoms with van der Waals surface area (Å²) >= 11 is 0. The number of rotatable bonds is 2. The largest absolute Gasteiger partial charge is 0.384 e. The molecule has 0 radical (unpaired) electrons. The molecule has 2 N–H and O–H groups in total. The number of anilines is 1. The maximum atomic E-state index is 11.6. The minimum atomic E-state index is -0.720. The number of aliphatic hydroxyl groups is 1. The molecule has 0 fully saturated rings. The van der Waals surface area contributed by atoms with Crippen LogP contribution in [0.15, 0.2) is 36.4 Å². The fraction of sp³-hybridized carbons (Fsp3) is 0.235. The van der Waals surface area contributed by atoms with Crippen molar-refractivity contribution < 1.29 is 9.90 Å². The van der Waals surface area contributed by atoms with E-state index in [1.807, 2.05) is 50.2 Å². The number of hydrogen-bond acceptors (Lipinski definition) is 2. The monoisotopic (exact) mass is 267 g/mol. The molecular formula is C17H17NO2. The zero-order valence-corrected chi connectivity index (χ0v) is 11.6. The van der Waals surface area contributed by atoms with Crippen molar-refractivity contribution in [2.24, 2.45) is 0 Å². The van der Waals surface area contributed by atoms with E-state index in [0.717, 1.165) is 33.5 Å². The molecule has 1 atom stereocenters. The van der Waals surface area contributed by atoms with E-state index in [1.54, 1.807) is 0 Å². The predicted molar refractivity (Wildman–Crippen MR) is 78.8 cm³/mol. The first-order valence-corrected chi connectivity index (χ1v) is 6.72. The lowest BCUT2D eigenvalue weighted by molar-refractivity contribution is -0.115. The fourth-order valence-electron chi connectivity index (χ4n) is 2.68. The molecule has 3 rings (SSSR count). The second-order valence-corrected chi connectivity index (χ2v) is 5.43. The number of carbonyl (C=O) groups is 1. The second-order valence-electron chi connectivity index (χ2n) is 5.43. The van der Waals surface area contributed by atoms with Crippen molar-refractivity contribution in [1.29, 1.82) is 0 Å². The first kappa shape index (κ1) is 12.9. The van der Waals surface area contributed by atoms with Crippen LogP contribution in [0.3, 0.4) is 0 Å². The van der Waals surface area contributed by atoms with Crippen LogP contribution in [0.2, 0.25) is 0 Å². The van der Waals surface area contributed by atoms with Crippen molar-refractivity contribution >= 4 is 11.6 Å². The van der Waals surface area contributed by atoms with Gasteiger partial charge in [-0.25, -0.2) is 0 Å². The Morgan fingerprint density at radius 1 is 1.10 bits per heavy atom. The van der Waals surface area contributed by atoms with Gasteiger partial charge >= 0.3 is 0 Å². The van der Waals surface area contributed by atoms with Gasteiger partial charge in [0.15, 0.2) is 0 Å². The molecule has 0 bridgehead atoms. The topological polar surface area (TPSA) is 49.3 Å². The van der Waals surface area contributed by atoms with Crippen LogP contribution in [-0.2, 0) is 11.2 Å². The van der Waals surface area contributed by atoms with Crippen molar-refractivity contribution in [3.05, 3.63) is 64.2 Å². The molecule has 1 aliphatic heterocycles. The van der Waals surface area contributed by atoms with E-state index in [2.05, 4.69) is 5.32 Å². The van der Waals surface area contributed by atoms with Gasteiger partial charge in [-0.05, 0) is 25.0 Å². The van der Waals surface area contributed by atoms with Crippen LogP contribution < -0.4 is 5.32 Å². The van der Waals surface area contributed by atoms with E-state index in [-0.39, 0.29) is 5.91 Å². The van der Waals surface area contributed by atoms with Gasteiger partial charge in [0.05, 0.1) is 12.1 Å². The van der Waals surface area contributed by atoms with Gasteiger partial charge < -0.3 is 10.4 Å². The van der Waals surface area contributed by atoms with Crippen LogP contribution in [0.1, 0.15) is 33.9 Å². The zero-order chi connectivity index (χ0) is 14.3. The number of fused-ring (bicyclic) bond motifs is 1. The van der Waals surface area contributed by atoms with E-state index in [0.29, 0.717) is 6.42 Å². The summed E-state index contributed by atoms with van der Waals surface area (Å²) in [5, 5.41) is 13.5. The van der Waals surface area contributed by atoms with Crippen LogP contribution >= 0.6 is 0 Å². The number of benzene rings is 2. The van der Waals surface area contributed by atoms with Gasteiger partial charge in [0.25, 0.3) is 0 Å². The average molecular weight is 267 g/mol. The van der Waals surface area contributed by atoms with Crippen molar-refractivity contribution in [1.82, 2.24) is 0 Å². The number of hydrogen-bond donors (Lipinski definition) is 2.